The molecule has 1 aliphatic heterocycles. The average molecular weight is 411 g/mol. The SMILES string of the molecule is CCN(C[C@@H]1CCCN(CCc2cccc(OC)c2)C1)C(=O)c1n[nH]c2c1CCC2. The van der Waals surface area contributed by atoms with Crippen molar-refractivity contribution in [2.45, 2.75) is 45.4 Å². The number of fused-ring (bicyclic) bond motifs is 1. The molecule has 1 saturated heterocycles. The third-order valence-electron chi connectivity index (χ3n) is 6.61. The van der Waals surface area contributed by atoms with E-state index in [0.29, 0.717) is 11.6 Å². The Bertz CT molecular complexity index is 863. The number of nitrogens with one attached hydrogen (secondary N) is 1. The van der Waals surface area contributed by atoms with Crippen LogP contribution in [0.15, 0.2) is 24.3 Å². The molecule has 1 amide bonds. The Labute approximate surface area is 179 Å². The van der Waals surface area contributed by atoms with E-state index in [9.17, 15) is 4.79 Å². The molecule has 1 N–H and O–H groups in total. The Morgan fingerprint density at radius 2 is 2.23 bits per heavy atom. The number of aryl methyl sites for hydroxylation is 1. The first-order valence-corrected chi connectivity index (χ1v) is 11.4. The number of amides is 1. The third-order valence-corrected chi connectivity index (χ3v) is 6.61. The molecule has 1 aliphatic carbocycles. The second kappa shape index (κ2) is 9.65. The number of rotatable bonds is 8. The highest BCUT2D eigenvalue weighted by Crippen LogP contribution is 2.25. The molecular weight excluding hydrogens is 376 g/mol. The number of piperidine rings is 1. The molecule has 1 aromatic heterocycles. The maximum absolute atomic E-state index is 13.1. The highest BCUT2D eigenvalue weighted by atomic mass is 16.5. The zero-order valence-electron chi connectivity index (χ0n) is 18.3. The highest BCUT2D eigenvalue weighted by molar-refractivity contribution is 5.94. The molecule has 2 heterocycles. The molecule has 6 nitrogen and oxygen atoms in total. The number of likely N-dealkylation sites (tertiary alicyclic amines) is 1. The van der Waals surface area contributed by atoms with Crippen LogP contribution in [-0.4, -0.2) is 65.7 Å². The lowest BCUT2D eigenvalue weighted by atomic mass is 9.96. The van der Waals surface area contributed by atoms with Crippen LogP contribution in [0.25, 0.3) is 0 Å². The Balaban J connectivity index is 1.32. The summed E-state index contributed by atoms with van der Waals surface area (Å²) in [5.74, 6) is 1.55. The van der Waals surface area contributed by atoms with E-state index in [1.54, 1.807) is 7.11 Å². The summed E-state index contributed by atoms with van der Waals surface area (Å²) in [7, 11) is 1.71. The molecule has 1 fully saturated rings. The monoisotopic (exact) mass is 410 g/mol. The summed E-state index contributed by atoms with van der Waals surface area (Å²) >= 11 is 0. The quantitative estimate of drug-likeness (QED) is 0.725. The van der Waals surface area contributed by atoms with E-state index in [2.05, 4.69) is 40.2 Å². The smallest absolute Gasteiger partial charge is 0.274 e. The van der Waals surface area contributed by atoms with Gasteiger partial charge in [-0.3, -0.25) is 9.89 Å². The molecule has 0 spiro atoms. The Morgan fingerprint density at radius 1 is 1.33 bits per heavy atom. The van der Waals surface area contributed by atoms with Crippen molar-refractivity contribution in [2.75, 3.05) is 39.8 Å². The number of ether oxygens (including phenoxy) is 1. The van der Waals surface area contributed by atoms with Crippen LogP contribution >= 0.6 is 0 Å². The minimum absolute atomic E-state index is 0.102. The van der Waals surface area contributed by atoms with Crippen molar-refractivity contribution >= 4 is 5.91 Å². The van der Waals surface area contributed by atoms with Crippen molar-refractivity contribution in [3.05, 3.63) is 46.8 Å². The fourth-order valence-corrected chi connectivity index (χ4v) is 4.93. The summed E-state index contributed by atoms with van der Waals surface area (Å²) in [6.07, 6.45) is 6.55. The lowest BCUT2D eigenvalue weighted by Crippen LogP contribution is -2.43. The minimum Gasteiger partial charge on any atom is -0.497 e. The van der Waals surface area contributed by atoms with Gasteiger partial charge >= 0.3 is 0 Å². The lowest BCUT2D eigenvalue weighted by Gasteiger charge is -2.35. The molecule has 162 valence electrons. The van der Waals surface area contributed by atoms with E-state index in [1.165, 1.54) is 18.4 Å². The van der Waals surface area contributed by atoms with Crippen molar-refractivity contribution < 1.29 is 9.53 Å². The maximum Gasteiger partial charge on any atom is 0.274 e. The van der Waals surface area contributed by atoms with E-state index in [-0.39, 0.29) is 5.91 Å². The molecule has 2 aliphatic rings. The van der Waals surface area contributed by atoms with Gasteiger partial charge in [-0.2, -0.15) is 5.10 Å². The van der Waals surface area contributed by atoms with Crippen LogP contribution in [-0.2, 0) is 19.3 Å². The van der Waals surface area contributed by atoms with Gasteiger partial charge in [0.05, 0.1) is 7.11 Å². The van der Waals surface area contributed by atoms with Gasteiger partial charge in [-0.05, 0) is 75.6 Å². The zero-order chi connectivity index (χ0) is 20.9. The number of aromatic amines is 1. The number of carbonyl (C=O) groups is 1. The van der Waals surface area contributed by atoms with Crippen molar-refractivity contribution in [2.24, 2.45) is 5.92 Å². The molecule has 30 heavy (non-hydrogen) atoms. The molecule has 0 saturated carbocycles. The van der Waals surface area contributed by atoms with Gasteiger partial charge in [0.2, 0.25) is 0 Å². The number of carbonyl (C=O) groups excluding carboxylic acids is 1. The predicted molar refractivity (Wildman–Crippen MR) is 118 cm³/mol. The lowest BCUT2D eigenvalue weighted by molar-refractivity contribution is 0.0684. The van der Waals surface area contributed by atoms with Crippen LogP contribution in [0.5, 0.6) is 5.75 Å². The Hall–Kier alpha value is -2.34. The van der Waals surface area contributed by atoms with Crippen LogP contribution in [0.3, 0.4) is 0 Å². The average Bonchev–Trinajstić information content (AvgIpc) is 3.40. The Kier molecular flexibility index (Phi) is 6.72. The number of methoxy groups -OCH3 is 1. The number of H-pyrrole nitrogens is 1. The fraction of sp³-hybridized carbons (Fsp3) is 0.583. The second-order valence-electron chi connectivity index (χ2n) is 8.64. The third kappa shape index (κ3) is 4.69. The molecule has 4 rings (SSSR count). The van der Waals surface area contributed by atoms with Gasteiger partial charge in [-0.1, -0.05) is 12.1 Å². The summed E-state index contributed by atoms with van der Waals surface area (Å²) in [5.41, 5.74) is 4.29. The molecule has 1 aromatic carbocycles. The summed E-state index contributed by atoms with van der Waals surface area (Å²) < 4.78 is 5.34. The summed E-state index contributed by atoms with van der Waals surface area (Å²) in [5, 5.41) is 7.44. The van der Waals surface area contributed by atoms with E-state index in [0.717, 1.165) is 75.4 Å². The van der Waals surface area contributed by atoms with Crippen molar-refractivity contribution in [3.8, 4) is 5.75 Å². The van der Waals surface area contributed by atoms with Crippen LogP contribution in [0.1, 0.15) is 53.5 Å². The molecule has 2 aromatic rings. The number of aromatic nitrogens is 2. The van der Waals surface area contributed by atoms with Gasteiger partial charge in [-0.25, -0.2) is 0 Å². The highest BCUT2D eigenvalue weighted by Gasteiger charge is 2.28. The first-order valence-electron chi connectivity index (χ1n) is 11.4. The number of hydrogen-bond donors (Lipinski definition) is 1. The van der Waals surface area contributed by atoms with Crippen molar-refractivity contribution in [1.29, 1.82) is 0 Å². The number of hydrogen-bond acceptors (Lipinski definition) is 4. The van der Waals surface area contributed by atoms with Gasteiger partial charge in [-0.15, -0.1) is 0 Å². The standard InChI is InChI=1S/C24H34N4O2/c1-3-28(24(29)23-21-10-5-11-22(21)25-26-23)17-19-8-6-13-27(16-19)14-12-18-7-4-9-20(15-18)30-2/h4,7,9,15,19H,3,5-6,8,10-14,16-17H2,1-2H3,(H,25,26)/t19-/m1/s1. The first kappa shape index (κ1) is 20.9. The molecule has 0 unspecified atom stereocenters. The summed E-state index contributed by atoms with van der Waals surface area (Å²) in [6.45, 7) is 6.90. The minimum atomic E-state index is 0.102. The largest absolute Gasteiger partial charge is 0.497 e. The van der Waals surface area contributed by atoms with E-state index >= 15 is 0 Å². The van der Waals surface area contributed by atoms with Gasteiger partial charge < -0.3 is 14.5 Å². The molecule has 0 radical (unpaired) electrons. The van der Waals surface area contributed by atoms with Gasteiger partial charge in [0.25, 0.3) is 5.91 Å². The van der Waals surface area contributed by atoms with E-state index in [1.807, 2.05) is 11.0 Å². The Morgan fingerprint density at radius 3 is 3.07 bits per heavy atom. The second-order valence-corrected chi connectivity index (χ2v) is 8.64. The van der Waals surface area contributed by atoms with Crippen molar-refractivity contribution in [1.82, 2.24) is 20.0 Å². The summed E-state index contributed by atoms with van der Waals surface area (Å²) in [4.78, 5) is 17.7. The zero-order valence-corrected chi connectivity index (χ0v) is 18.3. The molecule has 6 heteroatoms. The van der Waals surface area contributed by atoms with Crippen LogP contribution in [0, 0.1) is 5.92 Å². The first-order chi connectivity index (χ1) is 14.7. The normalized spacial score (nSPS) is 18.9. The van der Waals surface area contributed by atoms with Crippen molar-refractivity contribution in [3.63, 3.8) is 0 Å². The number of benzene rings is 1. The van der Waals surface area contributed by atoms with E-state index in [4.69, 9.17) is 4.74 Å². The van der Waals surface area contributed by atoms with Gasteiger partial charge in [0.15, 0.2) is 5.69 Å². The van der Waals surface area contributed by atoms with Gasteiger partial charge in [0, 0.05) is 37.4 Å². The molecular formula is C24H34N4O2. The van der Waals surface area contributed by atoms with Crippen LogP contribution in [0.4, 0.5) is 0 Å². The molecule has 1 atom stereocenters. The van der Waals surface area contributed by atoms with E-state index < -0.39 is 0 Å². The summed E-state index contributed by atoms with van der Waals surface area (Å²) in [6, 6.07) is 8.35. The van der Waals surface area contributed by atoms with Crippen LogP contribution in [0.2, 0.25) is 0 Å². The topological polar surface area (TPSA) is 61.5 Å². The van der Waals surface area contributed by atoms with Crippen LogP contribution < -0.4 is 4.74 Å². The predicted octanol–water partition coefficient (Wildman–Crippen LogP) is 3.32. The number of nitrogens with zero attached hydrogens (tertiary/aromatic N) is 3. The molecule has 0 bridgehead atoms. The maximum atomic E-state index is 13.1. The fourth-order valence-electron chi connectivity index (χ4n) is 4.93. The van der Waals surface area contributed by atoms with Gasteiger partial charge in [0.1, 0.15) is 5.75 Å².